The molecule has 11 nitrogen and oxygen atoms in total. The number of hydrogen-bond donors (Lipinski definition) is 3. The van der Waals surface area contributed by atoms with E-state index in [9.17, 15) is 34.5 Å². The monoisotopic (exact) mass is 671 g/mol. The minimum Gasteiger partial charge on any atom is -0.508 e. The molecule has 0 bridgehead atoms. The van der Waals surface area contributed by atoms with E-state index in [0.29, 0.717) is 23.2 Å². The molecule has 0 unspecified atom stereocenters. The van der Waals surface area contributed by atoms with Gasteiger partial charge in [0.25, 0.3) is 0 Å². The predicted octanol–water partition coefficient (Wildman–Crippen LogP) is 6.54. The molecule has 0 fully saturated rings. The second-order valence-electron chi connectivity index (χ2n) is 10.8. The van der Waals surface area contributed by atoms with Crippen LogP contribution in [0, 0.1) is 0 Å². The Balaban J connectivity index is 0.000000276. The number of benzene rings is 4. The average molecular weight is 672 g/mol. The van der Waals surface area contributed by atoms with E-state index in [0.717, 1.165) is 13.1 Å². The molecule has 11 heteroatoms. The normalized spacial score (nSPS) is 10.5. The van der Waals surface area contributed by atoms with E-state index in [4.69, 9.17) is 14.2 Å². The number of hydrogen-bond acceptors (Lipinski definition) is 10. The molecular formula is C38H41NO10. The van der Waals surface area contributed by atoms with Crippen molar-refractivity contribution in [1.29, 1.82) is 0 Å². The standard InChI is InChI=1S/C22H27NO5.C16H14O5/c1-4-23(5-2)13-14-27-22(26)19-11-8-10-18(16(3)24)21(19)28-15-17-9-6-7-12-20(17)25;1-10(17)12-6-4-7-13(16(19)20)15(12)21-9-11-5-2-3-8-14(11)18/h6-12,25H,4-5,13-15H2,1-3H3;2-8,18H,9H2,1H3,(H,19,20). The van der Waals surface area contributed by atoms with Crippen LogP contribution in [0.3, 0.4) is 0 Å². The SMILES string of the molecule is CC(=O)c1cccc(C(=O)O)c1OCc1ccccc1O.CCN(CC)CCOC(=O)c1cccc(C(C)=O)c1OCc1ccccc1O. The van der Waals surface area contributed by atoms with Crippen LogP contribution < -0.4 is 9.47 Å². The Bertz CT molecular complexity index is 1730. The number of carboxylic acids is 1. The van der Waals surface area contributed by atoms with Gasteiger partial charge >= 0.3 is 11.9 Å². The number of nitrogens with zero attached hydrogens (tertiary/aromatic N) is 1. The minimum absolute atomic E-state index is 0.0146. The van der Waals surface area contributed by atoms with Crippen molar-refractivity contribution in [2.75, 3.05) is 26.2 Å². The third-order valence-electron chi connectivity index (χ3n) is 7.50. The first kappa shape index (κ1) is 37.8. The molecular weight excluding hydrogens is 630 g/mol. The van der Waals surface area contributed by atoms with Gasteiger partial charge in [-0.15, -0.1) is 0 Å². The van der Waals surface area contributed by atoms with Crippen LogP contribution in [0.4, 0.5) is 0 Å². The fraction of sp³-hybridized carbons (Fsp3) is 0.263. The maximum atomic E-state index is 12.6. The predicted molar refractivity (Wildman–Crippen MR) is 183 cm³/mol. The van der Waals surface area contributed by atoms with Gasteiger partial charge in [0.2, 0.25) is 0 Å². The maximum Gasteiger partial charge on any atom is 0.341 e. The second-order valence-corrected chi connectivity index (χ2v) is 10.8. The number of carbonyl (C=O) groups excluding carboxylic acids is 3. The fourth-order valence-electron chi connectivity index (χ4n) is 4.72. The van der Waals surface area contributed by atoms with Crippen molar-refractivity contribution in [3.8, 4) is 23.0 Å². The van der Waals surface area contributed by atoms with E-state index in [2.05, 4.69) is 4.90 Å². The summed E-state index contributed by atoms with van der Waals surface area (Å²) < 4.78 is 16.7. The van der Waals surface area contributed by atoms with E-state index in [1.54, 1.807) is 60.7 Å². The highest BCUT2D eigenvalue weighted by Crippen LogP contribution is 2.29. The number of carboxylic acid groups (broad SMARTS) is 1. The molecule has 49 heavy (non-hydrogen) atoms. The number of aromatic hydroxyl groups is 2. The van der Waals surface area contributed by atoms with Gasteiger partial charge in [-0.05, 0) is 63.3 Å². The first-order valence-corrected chi connectivity index (χ1v) is 15.7. The van der Waals surface area contributed by atoms with Crippen LogP contribution in [0.25, 0.3) is 0 Å². The Morgan fingerprint density at radius 2 is 1.04 bits per heavy atom. The van der Waals surface area contributed by atoms with Gasteiger partial charge in [-0.2, -0.15) is 0 Å². The molecule has 0 aliphatic rings. The molecule has 0 saturated carbocycles. The molecule has 4 rings (SSSR count). The van der Waals surface area contributed by atoms with Gasteiger partial charge in [-0.25, -0.2) is 9.59 Å². The summed E-state index contributed by atoms with van der Waals surface area (Å²) in [7, 11) is 0. The van der Waals surface area contributed by atoms with Crippen molar-refractivity contribution in [1.82, 2.24) is 4.90 Å². The van der Waals surface area contributed by atoms with Crippen molar-refractivity contribution in [2.24, 2.45) is 0 Å². The number of phenolic OH excluding ortho intramolecular Hbond substituents is 2. The molecule has 0 heterocycles. The van der Waals surface area contributed by atoms with Crippen LogP contribution in [-0.2, 0) is 18.0 Å². The molecule has 0 aliphatic carbocycles. The van der Waals surface area contributed by atoms with Crippen molar-refractivity contribution in [3.63, 3.8) is 0 Å². The number of para-hydroxylation sites is 4. The minimum atomic E-state index is -1.18. The van der Waals surface area contributed by atoms with Gasteiger partial charge in [0.1, 0.15) is 53.9 Å². The maximum absolute atomic E-state index is 12.6. The van der Waals surface area contributed by atoms with E-state index in [-0.39, 0.29) is 71.1 Å². The number of ketones is 2. The van der Waals surface area contributed by atoms with E-state index in [1.165, 1.54) is 38.1 Å². The summed E-state index contributed by atoms with van der Waals surface area (Å²) in [6, 6.07) is 22.5. The Morgan fingerprint density at radius 1 is 0.612 bits per heavy atom. The zero-order valence-corrected chi connectivity index (χ0v) is 28.0. The first-order valence-electron chi connectivity index (χ1n) is 15.7. The lowest BCUT2D eigenvalue weighted by Crippen LogP contribution is -2.28. The average Bonchev–Trinajstić information content (AvgIpc) is 3.09. The van der Waals surface area contributed by atoms with Gasteiger partial charge in [-0.3, -0.25) is 9.59 Å². The Morgan fingerprint density at radius 3 is 1.47 bits per heavy atom. The van der Waals surface area contributed by atoms with Gasteiger partial charge in [0, 0.05) is 17.7 Å². The van der Waals surface area contributed by atoms with E-state index >= 15 is 0 Å². The zero-order chi connectivity index (χ0) is 35.9. The lowest BCUT2D eigenvalue weighted by atomic mass is 10.1. The Labute approximate surface area is 285 Å². The van der Waals surface area contributed by atoms with Gasteiger partial charge in [0.15, 0.2) is 11.6 Å². The van der Waals surface area contributed by atoms with E-state index < -0.39 is 11.9 Å². The number of ether oxygens (including phenoxy) is 3. The smallest absolute Gasteiger partial charge is 0.341 e. The number of rotatable bonds is 15. The number of esters is 1. The van der Waals surface area contributed by atoms with Gasteiger partial charge in [-0.1, -0.05) is 62.4 Å². The molecule has 0 saturated heterocycles. The summed E-state index contributed by atoms with van der Waals surface area (Å²) in [5.74, 6) is -1.89. The van der Waals surface area contributed by atoms with Crippen LogP contribution in [0.5, 0.6) is 23.0 Å². The molecule has 0 spiro atoms. The Kier molecular flexibility index (Phi) is 14.3. The van der Waals surface area contributed by atoms with Gasteiger partial charge in [0.05, 0.1) is 11.1 Å². The molecule has 4 aromatic rings. The summed E-state index contributed by atoms with van der Waals surface area (Å²) in [5, 5.41) is 28.8. The molecule has 0 aromatic heterocycles. The number of phenols is 2. The van der Waals surface area contributed by atoms with Crippen LogP contribution in [0.15, 0.2) is 84.9 Å². The lowest BCUT2D eigenvalue weighted by Gasteiger charge is -2.18. The van der Waals surface area contributed by atoms with Crippen LogP contribution >= 0.6 is 0 Å². The third kappa shape index (κ3) is 10.7. The molecule has 258 valence electrons. The quantitative estimate of drug-likeness (QED) is 0.0930. The highest BCUT2D eigenvalue weighted by atomic mass is 16.5. The number of carbonyl (C=O) groups is 4. The fourth-order valence-corrected chi connectivity index (χ4v) is 4.72. The van der Waals surface area contributed by atoms with Crippen molar-refractivity contribution in [2.45, 2.75) is 40.9 Å². The molecule has 0 aliphatic heterocycles. The molecule has 0 atom stereocenters. The summed E-state index contributed by atoms with van der Waals surface area (Å²) in [4.78, 5) is 49.6. The van der Waals surface area contributed by atoms with Gasteiger partial charge < -0.3 is 34.4 Å². The van der Waals surface area contributed by atoms with Crippen LogP contribution in [-0.4, -0.2) is 70.0 Å². The third-order valence-corrected chi connectivity index (χ3v) is 7.50. The molecule has 0 radical (unpaired) electrons. The number of aromatic carboxylic acids is 1. The summed E-state index contributed by atoms with van der Waals surface area (Å²) >= 11 is 0. The highest BCUT2D eigenvalue weighted by molar-refractivity contribution is 6.03. The van der Waals surface area contributed by atoms with E-state index in [1.807, 2.05) is 13.8 Å². The van der Waals surface area contributed by atoms with Crippen molar-refractivity contribution in [3.05, 3.63) is 118 Å². The Hall–Kier alpha value is -5.68. The highest BCUT2D eigenvalue weighted by Gasteiger charge is 2.21. The topological polar surface area (TPSA) is 160 Å². The molecule has 4 aromatic carbocycles. The van der Waals surface area contributed by atoms with Crippen LogP contribution in [0.2, 0.25) is 0 Å². The van der Waals surface area contributed by atoms with Crippen molar-refractivity contribution < 1.29 is 48.7 Å². The molecule has 0 amide bonds. The summed E-state index contributed by atoms with van der Waals surface area (Å²) in [6.45, 7) is 9.49. The first-order chi connectivity index (χ1) is 23.5. The lowest BCUT2D eigenvalue weighted by molar-refractivity contribution is 0.0461. The number of Topliss-reactive ketones (excluding diaryl/α,β-unsaturated/α-hetero) is 2. The summed E-state index contributed by atoms with van der Waals surface area (Å²) in [6.07, 6.45) is 0. The summed E-state index contributed by atoms with van der Waals surface area (Å²) in [5.41, 5.74) is 1.67. The largest absolute Gasteiger partial charge is 0.508 e. The van der Waals surface area contributed by atoms with Crippen LogP contribution in [0.1, 0.15) is 80.3 Å². The molecule has 3 N–H and O–H groups in total. The number of likely N-dealkylation sites (N-methyl/N-ethyl adjacent to an activating group) is 1. The van der Waals surface area contributed by atoms with Crippen molar-refractivity contribution >= 4 is 23.5 Å². The zero-order valence-electron chi connectivity index (χ0n) is 28.0. The second kappa shape index (κ2) is 18.6.